The van der Waals surface area contributed by atoms with E-state index in [1.54, 1.807) is 0 Å². The Morgan fingerprint density at radius 2 is 2.08 bits per heavy atom. The van der Waals surface area contributed by atoms with Crippen molar-refractivity contribution in [1.82, 2.24) is 19.6 Å². The SMILES string of the molecule is C=CCn1nc(C(=O)N2CCSCC2)c2c1CCC(N(CC)CC)C2. The van der Waals surface area contributed by atoms with Crippen LogP contribution in [0.1, 0.15) is 42.0 Å². The fourth-order valence-electron chi connectivity index (χ4n) is 4.08. The van der Waals surface area contributed by atoms with Crippen molar-refractivity contribution in [3.05, 3.63) is 29.6 Å². The van der Waals surface area contributed by atoms with E-state index in [-0.39, 0.29) is 5.91 Å². The Labute approximate surface area is 155 Å². The average molecular weight is 363 g/mol. The quantitative estimate of drug-likeness (QED) is 0.729. The molecule has 0 N–H and O–H groups in total. The zero-order chi connectivity index (χ0) is 17.8. The molecule has 0 spiro atoms. The molecular formula is C19H30N4OS. The molecule has 0 radical (unpaired) electrons. The van der Waals surface area contributed by atoms with Gasteiger partial charge in [-0.2, -0.15) is 16.9 Å². The molecular weight excluding hydrogens is 332 g/mol. The third-order valence-corrected chi connectivity index (χ3v) is 6.39. The lowest BCUT2D eigenvalue weighted by Crippen LogP contribution is -2.41. The molecule has 1 aromatic rings. The molecule has 0 saturated carbocycles. The van der Waals surface area contributed by atoms with Crippen LogP contribution in [0, 0.1) is 0 Å². The molecule has 0 bridgehead atoms. The van der Waals surface area contributed by atoms with Crippen LogP contribution in [0.4, 0.5) is 0 Å². The average Bonchev–Trinajstić information content (AvgIpc) is 3.01. The van der Waals surface area contributed by atoms with Gasteiger partial charge in [-0.25, -0.2) is 0 Å². The first kappa shape index (κ1) is 18.5. The molecule has 1 aliphatic carbocycles. The van der Waals surface area contributed by atoms with Crippen molar-refractivity contribution >= 4 is 17.7 Å². The number of hydrogen-bond acceptors (Lipinski definition) is 4. The fraction of sp³-hybridized carbons (Fsp3) is 0.684. The first-order valence-corrected chi connectivity index (χ1v) is 10.7. The molecule has 1 atom stereocenters. The van der Waals surface area contributed by atoms with E-state index in [0.29, 0.717) is 18.3 Å². The number of thioether (sulfide) groups is 1. The maximum Gasteiger partial charge on any atom is 0.274 e. The van der Waals surface area contributed by atoms with Gasteiger partial charge in [0.1, 0.15) is 0 Å². The van der Waals surface area contributed by atoms with E-state index in [9.17, 15) is 4.79 Å². The third-order valence-electron chi connectivity index (χ3n) is 5.45. The molecule has 1 saturated heterocycles. The number of likely N-dealkylation sites (N-methyl/N-ethyl adjacent to an activating group) is 1. The van der Waals surface area contributed by atoms with Crippen molar-refractivity contribution in [3.8, 4) is 0 Å². The van der Waals surface area contributed by atoms with Gasteiger partial charge in [-0.1, -0.05) is 19.9 Å². The second-order valence-electron chi connectivity index (χ2n) is 6.77. The van der Waals surface area contributed by atoms with Crippen LogP contribution in [0.3, 0.4) is 0 Å². The smallest absolute Gasteiger partial charge is 0.274 e. The number of rotatable bonds is 6. The van der Waals surface area contributed by atoms with Crippen LogP contribution in [-0.4, -0.2) is 69.2 Å². The Bertz CT molecular complexity index is 617. The number of carbonyl (C=O) groups is 1. The third kappa shape index (κ3) is 3.80. The molecule has 1 fully saturated rings. The number of amides is 1. The Kier molecular flexibility index (Phi) is 6.23. The van der Waals surface area contributed by atoms with Crippen LogP contribution in [0.5, 0.6) is 0 Å². The van der Waals surface area contributed by atoms with E-state index < -0.39 is 0 Å². The summed E-state index contributed by atoms with van der Waals surface area (Å²) in [6.45, 7) is 12.8. The molecule has 1 aromatic heterocycles. The summed E-state index contributed by atoms with van der Waals surface area (Å²) < 4.78 is 2.01. The zero-order valence-electron chi connectivity index (χ0n) is 15.5. The van der Waals surface area contributed by atoms with Crippen LogP contribution in [0.2, 0.25) is 0 Å². The summed E-state index contributed by atoms with van der Waals surface area (Å²) in [4.78, 5) is 17.6. The number of nitrogens with zero attached hydrogens (tertiary/aromatic N) is 4. The normalized spacial score (nSPS) is 20.6. The van der Waals surface area contributed by atoms with Crippen molar-refractivity contribution in [2.75, 3.05) is 37.7 Å². The monoisotopic (exact) mass is 362 g/mol. The number of fused-ring (bicyclic) bond motifs is 1. The number of carbonyl (C=O) groups excluding carboxylic acids is 1. The molecule has 2 aliphatic rings. The lowest BCUT2D eigenvalue weighted by atomic mass is 9.90. The van der Waals surface area contributed by atoms with E-state index >= 15 is 0 Å². The minimum absolute atomic E-state index is 0.125. The van der Waals surface area contributed by atoms with Crippen LogP contribution < -0.4 is 0 Å². The minimum atomic E-state index is 0.125. The molecule has 1 aliphatic heterocycles. The van der Waals surface area contributed by atoms with Crippen molar-refractivity contribution in [2.45, 2.75) is 45.7 Å². The summed E-state index contributed by atoms with van der Waals surface area (Å²) in [5, 5.41) is 4.73. The van der Waals surface area contributed by atoms with E-state index in [1.807, 2.05) is 27.4 Å². The number of hydrogen-bond donors (Lipinski definition) is 0. The van der Waals surface area contributed by atoms with Gasteiger partial charge in [-0.05, 0) is 32.4 Å². The van der Waals surface area contributed by atoms with E-state index in [2.05, 4.69) is 25.3 Å². The van der Waals surface area contributed by atoms with Gasteiger partial charge in [0.05, 0.1) is 6.54 Å². The van der Waals surface area contributed by atoms with Gasteiger partial charge in [-0.15, -0.1) is 6.58 Å². The molecule has 0 aromatic carbocycles. The summed E-state index contributed by atoms with van der Waals surface area (Å²) in [6.07, 6.45) is 4.96. The highest BCUT2D eigenvalue weighted by Crippen LogP contribution is 2.29. The Hall–Kier alpha value is -1.27. The van der Waals surface area contributed by atoms with Crippen LogP contribution in [0.15, 0.2) is 12.7 Å². The number of aromatic nitrogens is 2. The zero-order valence-corrected chi connectivity index (χ0v) is 16.4. The van der Waals surface area contributed by atoms with Crippen LogP contribution in [-0.2, 0) is 19.4 Å². The highest BCUT2D eigenvalue weighted by molar-refractivity contribution is 7.99. The second-order valence-corrected chi connectivity index (χ2v) is 7.99. The highest BCUT2D eigenvalue weighted by Gasteiger charge is 2.32. The molecule has 1 amide bonds. The molecule has 1 unspecified atom stereocenters. The topological polar surface area (TPSA) is 41.4 Å². The fourth-order valence-corrected chi connectivity index (χ4v) is 4.99. The first-order valence-electron chi connectivity index (χ1n) is 9.50. The van der Waals surface area contributed by atoms with E-state index in [1.165, 1.54) is 11.3 Å². The van der Waals surface area contributed by atoms with Gasteiger partial charge >= 0.3 is 0 Å². The van der Waals surface area contributed by atoms with Gasteiger partial charge in [0.25, 0.3) is 5.91 Å². The molecule has 138 valence electrons. The Balaban J connectivity index is 1.90. The standard InChI is InChI=1S/C19H30N4OS/c1-4-9-23-17-8-7-15(21(5-2)6-3)14-16(17)18(20-23)19(24)22-10-12-25-13-11-22/h4,15H,1,5-14H2,2-3H3. The summed E-state index contributed by atoms with van der Waals surface area (Å²) >= 11 is 1.92. The molecule has 3 rings (SSSR count). The Morgan fingerprint density at radius 3 is 2.72 bits per heavy atom. The summed E-state index contributed by atoms with van der Waals surface area (Å²) in [7, 11) is 0. The molecule has 25 heavy (non-hydrogen) atoms. The summed E-state index contributed by atoms with van der Waals surface area (Å²) in [5.74, 6) is 2.19. The lowest BCUT2D eigenvalue weighted by Gasteiger charge is -2.33. The van der Waals surface area contributed by atoms with Crippen molar-refractivity contribution in [2.24, 2.45) is 0 Å². The minimum Gasteiger partial charge on any atom is -0.336 e. The maximum atomic E-state index is 13.1. The maximum absolute atomic E-state index is 13.1. The predicted octanol–water partition coefficient (Wildman–Crippen LogP) is 2.46. The van der Waals surface area contributed by atoms with E-state index in [4.69, 9.17) is 5.10 Å². The first-order chi connectivity index (χ1) is 12.2. The highest BCUT2D eigenvalue weighted by atomic mass is 32.2. The Morgan fingerprint density at radius 1 is 1.36 bits per heavy atom. The van der Waals surface area contributed by atoms with Crippen molar-refractivity contribution < 1.29 is 4.79 Å². The predicted molar refractivity (Wildman–Crippen MR) is 104 cm³/mol. The summed E-state index contributed by atoms with van der Waals surface area (Å²) in [5.41, 5.74) is 3.13. The van der Waals surface area contributed by atoms with Crippen molar-refractivity contribution in [3.63, 3.8) is 0 Å². The largest absolute Gasteiger partial charge is 0.336 e. The summed E-state index contributed by atoms with van der Waals surface area (Å²) in [6, 6.07) is 0.521. The van der Waals surface area contributed by atoms with Crippen molar-refractivity contribution in [1.29, 1.82) is 0 Å². The molecule has 2 heterocycles. The van der Waals surface area contributed by atoms with Gasteiger partial charge in [-0.3, -0.25) is 9.48 Å². The van der Waals surface area contributed by atoms with Gasteiger partial charge in [0.2, 0.25) is 0 Å². The second kappa shape index (κ2) is 8.41. The van der Waals surface area contributed by atoms with Crippen LogP contribution >= 0.6 is 11.8 Å². The van der Waals surface area contributed by atoms with Gasteiger partial charge in [0.15, 0.2) is 5.69 Å². The lowest BCUT2D eigenvalue weighted by molar-refractivity contribution is 0.0763. The van der Waals surface area contributed by atoms with Gasteiger partial charge < -0.3 is 9.80 Å². The van der Waals surface area contributed by atoms with E-state index in [0.717, 1.165) is 56.9 Å². The molecule has 6 heteroatoms. The van der Waals surface area contributed by atoms with Crippen LogP contribution in [0.25, 0.3) is 0 Å². The van der Waals surface area contributed by atoms with Gasteiger partial charge in [0, 0.05) is 41.9 Å². The molecule has 5 nitrogen and oxygen atoms in total. The number of allylic oxidation sites excluding steroid dienone is 1.